The second kappa shape index (κ2) is 7.53. The summed E-state index contributed by atoms with van der Waals surface area (Å²) in [7, 11) is 0. The molecule has 1 amide bonds. The molecule has 0 atom stereocenters. The van der Waals surface area contributed by atoms with Crippen molar-refractivity contribution in [2.45, 2.75) is 20.4 Å². The molecule has 0 bridgehead atoms. The van der Waals surface area contributed by atoms with E-state index in [-0.39, 0.29) is 25.1 Å². The second-order valence-electron chi connectivity index (χ2n) is 6.00. The summed E-state index contributed by atoms with van der Waals surface area (Å²) in [5.41, 5.74) is 2.37. The van der Waals surface area contributed by atoms with Crippen LogP contribution >= 0.6 is 0 Å². The Morgan fingerprint density at radius 1 is 1.20 bits per heavy atom. The Morgan fingerprint density at radius 3 is 2.80 bits per heavy atom. The molecule has 2 aromatic carbocycles. The number of fused-ring (bicyclic) bond motifs is 1. The number of nitrogens with zero attached hydrogens (tertiary/aromatic N) is 1. The van der Waals surface area contributed by atoms with E-state index in [1.807, 2.05) is 36.9 Å². The van der Waals surface area contributed by atoms with E-state index in [4.69, 9.17) is 9.47 Å². The number of rotatable bonds is 6. The first-order valence-electron chi connectivity index (χ1n) is 8.22. The number of likely N-dealkylation sites (N-methyl/N-ethyl adjacent to an activating group) is 1. The number of amides is 1. The number of aryl methyl sites for hydroxylation is 1. The summed E-state index contributed by atoms with van der Waals surface area (Å²) in [6.07, 6.45) is 0. The average Bonchev–Trinajstić information content (AvgIpc) is 3.05. The molecule has 132 valence electrons. The van der Waals surface area contributed by atoms with Crippen LogP contribution in [0.5, 0.6) is 11.5 Å². The molecule has 0 saturated carbocycles. The highest BCUT2D eigenvalue weighted by molar-refractivity contribution is 5.92. The molecule has 0 spiro atoms. The Morgan fingerprint density at radius 2 is 2.00 bits per heavy atom. The van der Waals surface area contributed by atoms with Crippen LogP contribution in [0.25, 0.3) is 0 Å². The van der Waals surface area contributed by atoms with Crippen LogP contribution in [0.4, 0.5) is 10.1 Å². The number of anilines is 1. The maximum absolute atomic E-state index is 13.3. The van der Waals surface area contributed by atoms with Crippen molar-refractivity contribution in [3.05, 3.63) is 53.3 Å². The predicted octanol–water partition coefficient (Wildman–Crippen LogP) is 3.32. The number of halogens is 1. The van der Waals surface area contributed by atoms with Gasteiger partial charge in [0.15, 0.2) is 11.5 Å². The molecule has 25 heavy (non-hydrogen) atoms. The molecule has 0 aliphatic carbocycles. The smallest absolute Gasteiger partial charge is 0.238 e. The van der Waals surface area contributed by atoms with E-state index in [1.54, 1.807) is 6.07 Å². The van der Waals surface area contributed by atoms with Gasteiger partial charge in [0.25, 0.3) is 0 Å². The molecule has 3 rings (SSSR count). The lowest BCUT2D eigenvalue weighted by Gasteiger charge is -2.20. The van der Waals surface area contributed by atoms with Crippen LogP contribution in [0.2, 0.25) is 0 Å². The normalized spacial score (nSPS) is 12.5. The highest BCUT2D eigenvalue weighted by atomic mass is 19.1. The van der Waals surface area contributed by atoms with Crippen molar-refractivity contribution < 1.29 is 18.7 Å². The first-order valence-corrected chi connectivity index (χ1v) is 8.22. The molecule has 1 heterocycles. The first-order chi connectivity index (χ1) is 12.0. The monoisotopic (exact) mass is 344 g/mol. The summed E-state index contributed by atoms with van der Waals surface area (Å²) in [5, 5.41) is 2.78. The predicted molar refractivity (Wildman–Crippen MR) is 93.3 cm³/mol. The van der Waals surface area contributed by atoms with Crippen LogP contribution in [0, 0.1) is 12.7 Å². The van der Waals surface area contributed by atoms with Gasteiger partial charge < -0.3 is 14.8 Å². The van der Waals surface area contributed by atoms with E-state index in [9.17, 15) is 9.18 Å². The number of benzene rings is 2. The SMILES string of the molecule is CCN(CC(=O)Nc1cc(F)ccc1C)Cc1ccc2c(c1)OCO2. The van der Waals surface area contributed by atoms with Crippen LogP contribution in [-0.4, -0.2) is 30.7 Å². The second-order valence-corrected chi connectivity index (χ2v) is 6.00. The standard InChI is InChI=1S/C19H21FN2O3/c1-3-22(10-14-5-7-17-18(8-14)25-12-24-17)11-19(23)21-16-9-15(20)6-4-13(16)2/h4-9H,3,10-12H2,1-2H3,(H,21,23). The molecule has 0 radical (unpaired) electrons. The fourth-order valence-electron chi connectivity index (χ4n) is 2.70. The van der Waals surface area contributed by atoms with Crippen LogP contribution in [0.15, 0.2) is 36.4 Å². The van der Waals surface area contributed by atoms with Gasteiger partial charge in [0.1, 0.15) is 5.82 Å². The summed E-state index contributed by atoms with van der Waals surface area (Å²) in [6, 6.07) is 10.1. The topological polar surface area (TPSA) is 50.8 Å². The molecule has 1 aliphatic heterocycles. The van der Waals surface area contributed by atoms with Gasteiger partial charge in [0, 0.05) is 12.2 Å². The number of carbonyl (C=O) groups is 1. The maximum atomic E-state index is 13.3. The summed E-state index contributed by atoms with van der Waals surface area (Å²) in [5.74, 6) is 0.935. The molecular formula is C19H21FN2O3. The molecule has 0 fully saturated rings. The van der Waals surface area contributed by atoms with Gasteiger partial charge in [-0.1, -0.05) is 19.1 Å². The number of hydrogen-bond acceptors (Lipinski definition) is 4. The molecule has 6 heteroatoms. The van der Waals surface area contributed by atoms with Gasteiger partial charge in [-0.2, -0.15) is 0 Å². The number of hydrogen-bond donors (Lipinski definition) is 1. The zero-order valence-corrected chi connectivity index (χ0v) is 14.3. The zero-order chi connectivity index (χ0) is 17.8. The third-order valence-electron chi connectivity index (χ3n) is 4.13. The zero-order valence-electron chi connectivity index (χ0n) is 14.3. The number of ether oxygens (including phenoxy) is 2. The summed E-state index contributed by atoms with van der Waals surface area (Å²) in [4.78, 5) is 14.3. The Balaban J connectivity index is 1.61. The summed E-state index contributed by atoms with van der Waals surface area (Å²) >= 11 is 0. The van der Waals surface area contributed by atoms with Gasteiger partial charge >= 0.3 is 0 Å². The van der Waals surface area contributed by atoms with E-state index >= 15 is 0 Å². The van der Waals surface area contributed by atoms with E-state index in [0.29, 0.717) is 18.8 Å². The molecule has 0 unspecified atom stereocenters. The van der Waals surface area contributed by atoms with Crippen LogP contribution in [0.3, 0.4) is 0 Å². The highest BCUT2D eigenvalue weighted by Crippen LogP contribution is 2.32. The van der Waals surface area contributed by atoms with Gasteiger partial charge in [0.2, 0.25) is 12.7 Å². The average molecular weight is 344 g/mol. The lowest BCUT2D eigenvalue weighted by molar-refractivity contribution is -0.117. The third kappa shape index (κ3) is 4.28. The van der Waals surface area contributed by atoms with Crippen molar-refractivity contribution in [2.24, 2.45) is 0 Å². The lowest BCUT2D eigenvalue weighted by Crippen LogP contribution is -2.32. The van der Waals surface area contributed by atoms with Gasteiger partial charge in [-0.15, -0.1) is 0 Å². The summed E-state index contributed by atoms with van der Waals surface area (Å²) in [6.45, 7) is 5.62. The van der Waals surface area contributed by atoms with Crippen molar-refractivity contribution in [3.8, 4) is 11.5 Å². The lowest BCUT2D eigenvalue weighted by atomic mass is 10.2. The van der Waals surface area contributed by atoms with Crippen LogP contribution in [0.1, 0.15) is 18.1 Å². The van der Waals surface area contributed by atoms with Crippen LogP contribution < -0.4 is 14.8 Å². The minimum atomic E-state index is -0.367. The Labute approximate surface area is 146 Å². The molecule has 0 saturated heterocycles. The third-order valence-corrected chi connectivity index (χ3v) is 4.13. The van der Waals surface area contributed by atoms with Gasteiger partial charge in [-0.25, -0.2) is 4.39 Å². The van der Waals surface area contributed by atoms with Crippen molar-refractivity contribution in [3.63, 3.8) is 0 Å². The molecule has 1 N–H and O–H groups in total. The van der Waals surface area contributed by atoms with Gasteiger partial charge in [-0.3, -0.25) is 9.69 Å². The Bertz CT molecular complexity index is 779. The number of carbonyl (C=O) groups excluding carboxylic acids is 1. The van der Waals surface area contributed by atoms with Crippen LogP contribution in [-0.2, 0) is 11.3 Å². The minimum Gasteiger partial charge on any atom is -0.454 e. The largest absolute Gasteiger partial charge is 0.454 e. The van der Waals surface area contributed by atoms with Crippen molar-refractivity contribution in [2.75, 3.05) is 25.2 Å². The summed E-state index contributed by atoms with van der Waals surface area (Å²) < 4.78 is 24.0. The van der Waals surface area contributed by atoms with E-state index in [1.165, 1.54) is 12.1 Å². The molecule has 1 aliphatic rings. The minimum absolute atomic E-state index is 0.170. The van der Waals surface area contributed by atoms with E-state index in [0.717, 1.165) is 22.6 Å². The maximum Gasteiger partial charge on any atom is 0.238 e. The number of nitrogens with one attached hydrogen (secondary N) is 1. The Kier molecular flexibility index (Phi) is 5.19. The van der Waals surface area contributed by atoms with E-state index < -0.39 is 0 Å². The fourth-order valence-corrected chi connectivity index (χ4v) is 2.70. The molecule has 0 aromatic heterocycles. The molecule has 2 aromatic rings. The van der Waals surface area contributed by atoms with Gasteiger partial charge in [0.05, 0.1) is 6.54 Å². The quantitative estimate of drug-likeness (QED) is 0.873. The van der Waals surface area contributed by atoms with Gasteiger partial charge in [-0.05, 0) is 48.9 Å². The van der Waals surface area contributed by atoms with E-state index in [2.05, 4.69) is 5.32 Å². The molecular weight excluding hydrogens is 323 g/mol. The van der Waals surface area contributed by atoms with Crippen molar-refractivity contribution in [1.82, 2.24) is 4.90 Å². The highest BCUT2D eigenvalue weighted by Gasteiger charge is 2.16. The van der Waals surface area contributed by atoms with Crippen molar-refractivity contribution >= 4 is 11.6 Å². The first kappa shape index (κ1) is 17.2. The molecule has 5 nitrogen and oxygen atoms in total. The fraction of sp³-hybridized carbons (Fsp3) is 0.316. The Hall–Kier alpha value is -2.60. The van der Waals surface area contributed by atoms with Crippen molar-refractivity contribution in [1.29, 1.82) is 0 Å².